The van der Waals surface area contributed by atoms with E-state index in [0.29, 0.717) is 0 Å². The van der Waals surface area contributed by atoms with Gasteiger partial charge in [-0.25, -0.2) is 0 Å². The fourth-order valence-corrected chi connectivity index (χ4v) is 2.53. The van der Waals surface area contributed by atoms with Crippen LogP contribution in [0.2, 0.25) is 0 Å². The maximum atomic E-state index is 5.79. The Morgan fingerprint density at radius 3 is 2.47 bits per heavy atom. The predicted octanol–water partition coefficient (Wildman–Crippen LogP) is 4.73. The van der Waals surface area contributed by atoms with Crippen LogP contribution in [0.1, 0.15) is 22.3 Å². The molecule has 0 fully saturated rings. The molecule has 2 heteroatoms. The minimum absolute atomic E-state index is 0.968. The molecule has 0 aliphatic rings. The van der Waals surface area contributed by atoms with Crippen LogP contribution in [-0.4, -0.2) is 4.98 Å². The Bertz CT molecular complexity index is 751. The van der Waals surface area contributed by atoms with E-state index in [1.807, 2.05) is 25.5 Å². The van der Waals surface area contributed by atoms with Crippen LogP contribution in [0.15, 0.2) is 35.1 Å². The van der Waals surface area contributed by atoms with E-state index in [4.69, 9.17) is 4.42 Å². The molecule has 96 valence electrons. The van der Waals surface area contributed by atoms with Gasteiger partial charge in [-0.05, 0) is 56.0 Å². The lowest BCUT2D eigenvalue weighted by Gasteiger charge is -2.05. The van der Waals surface area contributed by atoms with E-state index < -0.39 is 0 Å². The first-order valence-corrected chi connectivity index (χ1v) is 6.49. The first-order valence-electron chi connectivity index (χ1n) is 6.49. The normalized spacial score (nSPS) is 11.2. The molecule has 0 amide bonds. The summed E-state index contributed by atoms with van der Waals surface area (Å²) in [6, 6.07) is 6.34. The molecule has 0 aliphatic heterocycles. The van der Waals surface area contributed by atoms with Gasteiger partial charge < -0.3 is 4.42 Å². The number of rotatable bonds is 1. The van der Waals surface area contributed by atoms with Crippen LogP contribution in [0.3, 0.4) is 0 Å². The second-order valence-electron chi connectivity index (χ2n) is 5.21. The van der Waals surface area contributed by atoms with Crippen molar-refractivity contribution in [2.75, 3.05) is 0 Å². The molecule has 0 radical (unpaired) electrons. The van der Waals surface area contributed by atoms with Gasteiger partial charge in [0.15, 0.2) is 0 Å². The van der Waals surface area contributed by atoms with Gasteiger partial charge in [-0.15, -0.1) is 0 Å². The fourth-order valence-electron chi connectivity index (χ4n) is 2.53. The molecule has 3 aromatic rings. The SMILES string of the molecule is Cc1ccc(-c2coc3c(C)c(C)cc(C)c23)nc1. The first kappa shape index (κ1) is 12.0. The van der Waals surface area contributed by atoms with Crippen LogP contribution in [0.25, 0.3) is 22.2 Å². The third-order valence-corrected chi connectivity index (χ3v) is 3.74. The van der Waals surface area contributed by atoms with E-state index in [1.54, 1.807) is 0 Å². The van der Waals surface area contributed by atoms with Crippen LogP contribution in [0.4, 0.5) is 0 Å². The van der Waals surface area contributed by atoms with Crippen molar-refractivity contribution in [3.63, 3.8) is 0 Å². The predicted molar refractivity (Wildman–Crippen MR) is 78.4 cm³/mol. The van der Waals surface area contributed by atoms with Crippen LogP contribution in [0.5, 0.6) is 0 Å². The van der Waals surface area contributed by atoms with Crippen molar-refractivity contribution in [2.24, 2.45) is 0 Å². The van der Waals surface area contributed by atoms with Gasteiger partial charge in [0.05, 0.1) is 5.69 Å². The van der Waals surface area contributed by atoms with Gasteiger partial charge in [0.1, 0.15) is 11.8 Å². The number of furan rings is 1. The Balaban J connectivity index is 2.31. The van der Waals surface area contributed by atoms with Gasteiger partial charge in [0.2, 0.25) is 0 Å². The second-order valence-corrected chi connectivity index (χ2v) is 5.21. The summed E-state index contributed by atoms with van der Waals surface area (Å²) in [4.78, 5) is 4.50. The van der Waals surface area contributed by atoms with Crippen molar-refractivity contribution in [3.8, 4) is 11.3 Å². The largest absolute Gasteiger partial charge is 0.463 e. The van der Waals surface area contributed by atoms with Gasteiger partial charge in [0.25, 0.3) is 0 Å². The standard InChI is InChI=1S/C17H17NO/c1-10-5-6-15(18-8-10)14-9-19-17-13(4)11(2)7-12(3)16(14)17/h5-9H,1-4H3. The van der Waals surface area contributed by atoms with Gasteiger partial charge >= 0.3 is 0 Å². The molecule has 2 heterocycles. The molecule has 0 aliphatic carbocycles. The molecule has 0 saturated carbocycles. The summed E-state index contributed by atoms with van der Waals surface area (Å²) >= 11 is 0. The molecule has 0 unspecified atom stereocenters. The summed E-state index contributed by atoms with van der Waals surface area (Å²) in [6.07, 6.45) is 3.71. The van der Waals surface area contributed by atoms with E-state index in [0.717, 1.165) is 16.8 Å². The van der Waals surface area contributed by atoms with E-state index in [1.165, 1.54) is 27.6 Å². The van der Waals surface area contributed by atoms with Gasteiger partial charge in [-0.1, -0.05) is 12.1 Å². The number of pyridine rings is 1. The minimum Gasteiger partial charge on any atom is -0.463 e. The summed E-state index contributed by atoms with van der Waals surface area (Å²) in [5.41, 5.74) is 7.91. The summed E-state index contributed by atoms with van der Waals surface area (Å²) in [6.45, 7) is 8.39. The average molecular weight is 251 g/mol. The molecule has 3 rings (SSSR count). The molecule has 2 aromatic heterocycles. The number of fused-ring (bicyclic) bond motifs is 1. The molecular weight excluding hydrogens is 234 g/mol. The third kappa shape index (κ3) is 1.84. The molecule has 0 N–H and O–H groups in total. The number of nitrogens with zero attached hydrogens (tertiary/aromatic N) is 1. The van der Waals surface area contributed by atoms with Crippen LogP contribution >= 0.6 is 0 Å². The fraction of sp³-hybridized carbons (Fsp3) is 0.235. The molecule has 0 atom stereocenters. The molecule has 1 aromatic carbocycles. The zero-order valence-corrected chi connectivity index (χ0v) is 11.7. The number of aryl methyl sites for hydroxylation is 4. The highest BCUT2D eigenvalue weighted by molar-refractivity contribution is 5.97. The summed E-state index contributed by atoms with van der Waals surface area (Å²) < 4.78 is 5.79. The van der Waals surface area contributed by atoms with Crippen molar-refractivity contribution in [1.29, 1.82) is 0 Å². The smallest absolute Gasteiger partial charge is 0.138 e. The van der Waals surface area contributed by atoms with Gasteiger partial charge in [0, 0.05) is 17.1 Å². The van der Waals surface area contributed by atoms with Crippen molar-refractivity contribution >= 4 is 11.0 Å². The highest BCUT2D eigenvalue weighted by Crippen LogP contribution is 2.35. The Hall–Kier alpha value is -2.09. The van der Waals surface area contributed by atoms with Crippen molar-refractivity contribution in [2.45, 2.75) is 27.7 Å². The Morgan fingerprint density at radius 1 is 1.00 bits per heavy atom. The van der Waals surface area contributed by atoms with E-state index >= 15 is 0 Å². The Morgan fingerprint density at radius 2 is 1.79 bits per heavy atom. The highest BCUT2D eigenvalue weighted by atomic mass is 16.3. The maximum Gasteiger partial charge on any atom is 0.138 e. The zero-order chi connectivity index (χ0) is 13.6. The van der Waals surface area contributed by atoms with Crippen LogP contribution in [0, 0.1) is 27.7 Å². The van der Waals surface area contributed by atoms with Crippen LogP contribution < -0.4 is 0 Å². The highest BCUT2D eigenvalue weighted by Gasteiger charge is 2.14. The Labute approximate surface area is 113 Å². The molecule has 19 heavy (non-hydrogen) atoms. The lowest BCUT2D eigenvalue weighted by atomic mass is 9.99. The van der Waals surface area contributed by atoms with E-state index in [9.17, 15) is 0 Å². The quantitative estimate of drug-likeness (QED) is 0.625. The van der Waals surface area contributed by atoms with Crippen molar-refractivity contribution < 1.29 is 4.42 Å². The monoisotopic (exact) mass is 251 g/mol. The molecule has 0 saturated heterocycles. The topological polar surface area (TPSA) is 26.0 Å². The van der Waals surface area contributed by atoms with Gasteiger partial charge in [-0.3, -0.25) is 4.98 Å². The summed E-state index contributed by atoms with van der Waals surface area (Å²) in [5, 5.41) is 1.18. The van der Waals surface area contributed by atoms with Crippen molar-refractivity contribution in [1.82, 2.24) is 4.98 Å². The Kier molecular flexibility index (Phi) is 2.67. The molecule has 0 bridgehead atoms. The number of benzene rings is 1. The maximum absolute atomic E-state index is 5.79. The van der Waals surface area contributed by atoms with E-state index in [-0.39, 0.29) is 0 Å². The molecular formula is C17H17NO. The zero-order valence-electron chi connectivity index (χ0n) is 11.7. The average Bonchev–Trinajstić information content (AvgIpc) is 2.82. The van der Waals surface area contributed by atoms with Crippen molar-refractivity contribution in [3.05, 3.63) is 52.9 Å². The van der Waals surface area contributed by atoms with Crippen LogP contribution in [-0.2, 0) is 0 Å². The van der Waals surface area contributed by atoms with Gasteiger partial charge in [-0.2, -0.15) is 0 Å². The molecule has 0 spiro atoms. The third-order valence-electron chi connectivity index (χ3n) is 3.74. The summed E-state index contributed by atoms with van der Waals surface area (Å²) in [5.74, 6) is 0. The second kappa shape index (κ2) is 4.23. The minimum atomic E-state index is 0.968. The lowest BCUT2D eigenvalue weighted by molar-refractivity contribution is 0.613. The summed E-state index contributed by atoms with van der Waals surface area (Å²) in [7, 11) is 0. The number of hydrogen-bond donors (Lipinski definition) is 0. The lowest BCUT2D eigenvalue weighted by Crippen LogP contribution is -1.87. The number of aromatic nitrogens is 1. The van der Waals surface area contributed by atoms with E-state index in [2.05, 4.69) is 37.9 Å². The number of hydrogen-bond acceptors (Lipinski definition) is 2. The first-order chi connectivity index (χ1) is 9.08. The molecule has 2 nitrogen and oxygen atoms in total.